The third kappa shape index (κ3) is 2.92. The fourth-order valence-corrected chi connectivity index (χ4v) is 2.26. The summed E-state index contributed by atoms with van der Waals surface area (Å²) >= 11 is 7.76. The Hall–Kier alpha value is -0.880. The van der Waals surface area contributed by atoms with E-state index in [0.29, 0.717) is 21.4 Å². The minimum absolute atomic E-state index is 0.0939. The predicted molar refractivity (Wildman–Crippen MR) is 77.9 cm³/mol. The second-order valence-corrected chi connectivity index (χ2v) is 5.12. The molecule has 0 radical (unpaired) electrons. The molecule has 0 aliphatic rings. The first-order chi connectivity index (χ1) is 8.59. The van der Waals surface area contributed by atoms with Gasteiger partial charge >= 0.3 is 0 Å². The van der Waals surface area contributed by atoms with E-state index >= 15 is 0 Å². The average Bonchev–Trinajstić information content (AvgIpc) is 2.36. The average molecular weight is 380 g/mol. The van der Waals surface area contributed by atoms with E-state index in [1.54, 1.807) is 24.3 Å². The Bertz CT molecular complexity index is 523. The lowest BCUT2D eigenvalue weighted by atomic mass is 10.2. The summed E-state index contributed by atoms with van der Waals surface area (Å²) in [6.45, 7) is 0.343. The molecule has 0 saturated heterocycles. The SMILES string of the molecule is Fc1cccc(CNc2cccc(F)c2I)c1Cl. The molecule has 94 valence electrons. The Morgan fingerprint density at radius 3 is 2.50 bits per heavy atom. The highest BCUT2D eigenvalue weighted by atomic mass is 127. The molecule has 0 amide bonds. The van der Waals surface area contributed by atoms with Crippen LogP contribution in [0.15, 0.2) is 36.4 Å². The van der Waals surface area contributed by atoms with E-state index in [0.717, 1.165) is 0 Å². The molecular formula is C13H9ClF2IN. The van der Waals surface area contributed by atoms with Gasteiger partial charge in [-0.2, -0.15) is 0 Å². The summed E-state index contributed by atoms with van der Waals surface area (Å²) in [5.41, 5.74) is 1.30. The van der Waals surface area contributed by atoms with Gasteiger partial charge in [-0.05, 0) is 46.4 Å². The number of hydrogen-bond donors (Lipinski definition) is 1. The van der Waals surface area contributed by atoms with Crippen molar-refractivity contribution < 1.29 is 8.78 Å². The Labute approximate surface area is 122 Å². The van der Waals surface area contributed by atoms with Gasteiger partial charge < -0.3 is 5.32 Å². The molecule has 0 bridgehead atoms. The maximum absolute atomic E-state index is 13.3. The van der Waals surface area contributed by atoms with Crippen molar-refractivity contribution in [3.63, 3.8) is 0 Å². The molecule has 2 rings (SSSR count). The summed E-state index contributed by atoms with van der Waals surface area (Å²) < 4.78 is 27.0. The fourth-order valence-electron chi connectivity index (χ4n) is 1.52. The number of halogens is 4. The maximum atomic E-state index is 13.3. The second-order valence-electron chi connectivity index (χ2n) is 3.67. The summed E-state index contributed by atoms with van der Waals surface area (Å²) in [6, 6.07) is 9.39. The minimum Gasteiger partial charge on any atom is -0.380 e. The quantitative estimate of drug-likeness (QED) is 0.753. The number of anilines is 1. The van der Waals surface area contributed by atoms with Crippen molar-refractivity contribution in [1.82, 2.24) is 0 Å². The molecule has 0 unspecified atom stereocenters. The van der Waals surface area contributed by atoms with Crippen LogP contribution in [0.3, 0.4) is 0 Å². The number of rotatable bonds is 3. The van der Waals surface area contributed by atoms with Gasteiger partial charge in [-0.1, -0.05) is 29.8 Å². The smallest absolute Gasteiger partial charge is 0.142 e. The van der Waals surface area contributed by atoms with Crippen LogP contribution in [-0.2, 0) is 6.54 Å². The molecular weight excluding hydrogens is 371 g/mol. The van der Waals surface area contributed by atoms with E-state index in [1.807, 2.05) is 22.6 Å². The molecule has 0 heterocycles. The van der Waals surface area contributed by atoms with Crippen LogP contribution in [0.5, 0.6) is 0 Å². The molecule has 1 nitrogen and oxygen atoms in total. The first kappa shape index (κ1) is 13.5. The molecule has 5 heteroatoms. The van der Waals surface area contributed by atoms with Gasteiger partial charge in [0.15, 0.2) is 0 Å². The predicted octanol–water partition coefficient (Wildman–Crippen LogP) is 4.83. The molecule has 0 atom stereocenters. The normalized spacial score (nSPS) is 10.4. The van der Waals surface area contributed by atoms with Crippen LogP contribution in [0.1, 0.15) is 5.56 Å². The zero-order valence-electron chi connectivity index (χ0n) is 9.18. The Balaban J connectivity index is 2.17. The largest absolute Gasteiger partial charge is 0.380 e. The summed E-state index contributed by atoms with van der Waals surface area (Å²) in [7, 11) is 0. The highest BCUT2D eigenvalue weighted by Crippen LogP contribution is 2.24. The fraction of sp³-hybridized carbons (Fsp3) is 0.0769. The van der Waals surface area contributed by atoms with E-state index in [2.05, 4.69) is 5.32 Å². The summed E-state index contributed by atoms with van der Waals surface area (Å²) in [5.74, 6) is -0.740. The van der Waals surface area contributed by atoms with Crippen molar-refractivity contribution >= 4 is 39.9 Å². The van der Waals surface area contributed by atoms with Crippen LogP contribution in [0.2, 0.25) is 5.02 Å². The van der Waals surface area contributed by atoms with Crippen LogP contribution in [-0.4, -0.2) is 0 Å². The molecule has 0 aliphatic carbocycles. The van der Waals surface area contributed by atoms with Crippen molar-refractivity contribution in [2.24, 2.45) is 0 Å². The van der Waals surface area contributed by atoms with E-state index in [4.69, 9.17) is 11.6 Å². The lowest BCUT2D eigenvalue weighted by Crippen LogP contribution is -2.03. The molecule has 0 aliphatic heterocycles. The van der Waals surface area contributed by atoms with Crippen molar-refractivity contribution in [2.75, 3.05) is 5.32 Å². The van der Waals surface area contributed by atoms with Gasteiger partial charge in [0, 0.05) is 6.54 Å². The molecule has 0 saturated carbocycles. The zero-order chi connectivity index (χ0) is 13.1. The highest BCUT2D eigenvalue weighted by Gasteiger charge is 2.07. The van der Waals surface area contributed by atoms with E-state index in [9.17, 15) is 8.78 Å². The van der Waals surface area contributed by atoms with E-state index in [1.165, 1.54) is 12.1 Å². The topological polar surface area (TPSA) is 12.0 Å². The van der Waals surface area contributed by atoms with Crippen molar-refractivity contribution in [1.29, 1.82) is 0 Å². The van der Waals surface area contributed by atoms with E-state index < -0.39 is 5.82 Å². The summed E-state index contributed by atoms with van der Waals surface area (Å²) in [4.78, 5) is 0. The lowest BCUT2D eigenvalue weighted by Gasteiger charge is -2.10. The second kappa shape index (κ2) is 5.84. The van der Waals surface area contributed by atoms with Gasteiger partial charge in [-0.15, -0.1) is 0 Å². The van der Waals surface area contributed by atoms with Gasteiger partial charge in [0.05, 0.1) is 14.3 Å². The Morgan fingerprint density at radius 2 is 1.72 bits per heavy atom. The number of hydrogen-bond acceptors (Lipinski definition) is 1. The van der Waals surface area contributed by atoms with Crippen LogP contribution in [0, 0.1) is 15.2 Å². The van der Waals surface area contributed by atoms with Crippen molar-refractivity contribution in [3.05, 3.63) is 62.2 Å². The maximum Gasteiger partial charge on any atom is 0.142 e. The van der Waals surface area contributed by atoms with Gasteiger partial charge in [-0.3, -0.25) is 0 Å². The third-order valence-electron chi connectivity index (χ3n) is 2.45. The minimum atomic E-state index is -0.454. The summed E-state index contributed by atoms with van der Waals surface area (Å²) in [5, 5.41) is 3.13. The zero-order valence-corrected chi connectivity index (χ0v) is 12.1. The molecule has 0 aromatic heterocycles. The number of nitrogens with one attached hydrogen (secondary N) is 1. The van der Waals surface area contributed by atoms with Crippen LogP contribution in [0.25, 0.3) is 0 Å². The molecule has 18 heavy (non-hydrogen) atoms. The lowest BCUT2D eigenvalue weighted by molar-refractivity contribution is 0.620. The van der Waals surface area contributed by atoms with Gasteiger partial charge in [0.25, 0.3) is 0 Å². The number of benzene rings is 2. The van der Waals surface area contributed by atoms with Crippen LogP contribution < -0.4 is 5.32 Å². The monoisotopic (exact) mass is 379 g/mol. The molecule has 0 spiro atoms. The molecule has 1 N–H and O–H groups in total. The van der Waals surface area contributed by atoms with Crippen molar-refractivity contribution in [3.8, 4) is 0 Å². The molecule has 2 aromatic rings. The first-order valence-electron chi connectivity index (χ1n) is 5.20. The Kier molecular flexibility index (Phi) is 4.40. The van der Waals surface area contributed by atoms with E-state index in [-0.39, 0.29) is 10.8 Å². The highest BCUT2D eigenvalue weighted by molar-refractivity contribution is 14.1. The Morgan fingerprint density at radius 1 is 1.06 bits per heavy atom. The standard InChI is InChI=1S/C13H9ClF2IN/c14-12-8(3-1-4-9(12)15)7-18-11-6-2-5-10(16)13(11)17/h1-6,18H,7H2. The molecule has 2 aromatic carbocycles. The first-order valence-corrected chi connectivity index (χ1v) is 6.66. The van der Waals surface area contributed by atoms with Gasteiger partial charge in [0.2, 0.25) is 0 Å². The van der Waals surface area contributed by atoms with Crippen LogP contribution in [0.4, 0.5) is 14.5 Å². The van der Waals surface area contributed by atoms with Gasteiger partial charge in [-0.25, -0.2) is 8.78 Å². The van der Waals surface area contributed by atoms with Gasteiger partial charge in [0.1, 0.15) is 11.6 Å². The third-order valence-corrected chi connectivity index (χ3v) is 3.97. The van der Waals surface area contributed by atoms with Crippen molar-refractivity contribution in [2.45, 2.75) is 6.54 Å². The van der Waals surface area contributed by atoms with Crippen LogP contribution >= 0.6 is 34.2 Å². The summed E-state index contributed by atoms with van der Waals surface area (Å²) in [6.07, 6.45) is 0. The molecule has 0 fully saturated rings.